The lowest BCUT2D eigenvalue weighted by atomic mass is 10.1. The van der Waals surface area contributed by atoms with Gasteiger partial charge in [0.25, 0.3) is 5.91 Å². The van der Waals surface area contributed by atoms with E-state index >= 15 is 0 Å². The molecule has 0 aliphatic rings. The highest BCUT2D eigenvalue weighted by atomic mass is 127. The largest absolute Gasteiger partial charge is 0.484 e. The summed E-state index contributed by atoms with van der Waals surface area (Å²) in [7, 11) is 0. The average molecular weight is 409 g/mol. The highest BCUT2D eigenvalue weighted by molar-refractivity contribution is 14.1. The second-order valence-corrected chi connectivity index (χ2v) is 6.66. The number of amides is 1. The molecule has 2 rings (SSSR count). The zero-order chi connectivity index (χ0) is 16.3. The Bertz CT molecular complexity index is 710. The molecule has 0 fully saturated rings. The summed E-state index contributed by atoms with van der Waals surface area (Å²) in [4.78, 5) is 12.0. The molecule has 0 atom stereocenters. The molecule has 3 nitrogen and oxygen atoms in total. The van der Waals surface area contributed by atoms with Gasteiger partial charge in [0.15, 0.2) is 6.61 Å². The van der Waals surface area contributed by atoms with Crippen molar-refractivity contribution in [2.45, 2.75) is 27.7 Å². The van der Waals surface area contributed by atoms with Gasteiger partial charge in [-0.25, -0.2) is 0 Å². The fourth-order valence-electron chi connectivity index (χ4n) is 2.05. The number of hydrogen-bond donors (Lipinski definition) is 1. The Hall–Kier alpha value is -1.56. The van der Waals surface area contributed by atoms with Crippen LogP contribution in [0, 0.1) is 31.3 Å². The fourth-order valence-corrected chi connectivity index (χ4v) is 2.68. The quantitative estimate of drug-likeness (QED) is 0.753. The van der Waals surface area contributed by atoms with Gasteiger partial charge in [0, 0.05) is 9.26 Å². The number of aryl methyl sites for hydroxylation is 4. The molecule has 4 heteroatoms. The maximum absolute atomic E-state index is 12.0. The molecule has 0 bridgehead atoms. The van der Waals surface area contributed by atoms with E-state index in [9.17, 15) is 4.79 Å². The van der Waals surface area contributed by atoms with Crippen LogP contribution in [0.15, 0.2) is 30.3 Å². The van der Waals surface area contributed by atoms with Gasteiger partial charge < -0.3 is 10.1 Å². The molecule has 0 aromatic heterocycles. The first-order chi connectivity index (χ1) is 10.4. The van der Waals surface area contributed by atoms with Gasteiger partial charge in [0.05, 0.1) is 0 Å². The monoisotopic (exact) mass is 409 g/mol. The molecule has 22 heavy (non-hydrogen) atoms. The molecule has 2 aromatic rings. The minimum atomic E-state index is -0.151. The predicted molar refractivity (Wildman–Crippen MR) is 98.7 cm³/mol. The molecular weight excluding hydrogens is 389 g/mol. The number of ether oxygens (including phenoxy) is 1. The lowest BCUT2D eigenvalue weighted by Gasteiger charge is -2.12. The summed E-state index contributed by atoms with van der Waals surface area (Å²) in [6.07, 6.45) is 0. The zero-order valence-corrected chi connectivity index (χ0v) is 15.4. The molecule has 0 aliphatic carbocycles. The first-order valence-electron chi connectivity index (χ1n) is 7.13. The number of hydrogen-bond acceptors (Lipinski definition) is 2. The lowest BCUT2D eigenvalue weighted by Crippen LogP contribution is -2.20. The van der Waals surface area contributed by atoms with E-state index in [0.29, 0.717) is 5.75 Å². The van der Waals surface area contributed by atoms with Crippen LogP contribution in [0.5, 0.6) is 5.75 Å². The third kappa shape index (κ3) is 4.22. The number of halogens is 1. The maximum atomic E-state index is 12.0. The molecule has 1 amide bonds. The van der Waals surface area contributed by atoms with Crippen LogP contribution in [0.1, 0.15) is 22.3 Å². The van der Waals surface area contributed by atoms with Crippen LogP contribution >= 0.6 is 22.6 Å². The average Bonchev–Trinajstić information content (AvgIpc) is 2.46. The minimum absolute atomic E-state index is 0.00692. The van der Waals surface area contributed by atoms with Crippen molar-refractivity contribution in [1.82, 2.24) is 0 Å². The second-order valence-electron chi connectivity index (χ2n) is 5.50. The molecule has 0 saturated carbocycles. The first-order valence-corrected chi connectivity index (χ1v) is 8.21. The fraction of sp³-hybridized carbons (Fsp3) is 0.278. The van der Waals surface area contributed by atoms with Crippen LogP contribution in [0.4, 0.5) is 5.69 Å². The van der Waals surface area contributed by atoms with Crippen LogP contribution in [-0.2, 0) is 4.79 Å². The summed E-state index contributed by atoms with van der Waals surface area (Å²) < 4.78 is 6.75. The van der Waals surface area contributed by atoms with Gasteiger partial charge in [-0.3, -0.25) is 4.79 Å². The van der Waals surface area contributed by atoms with Crippen LogP contribution in [-0.4, -0.2) is 12.5 Å². The van der Waals surface area contributed by atoms with Gasteiger partial charge in [-0.1, -0.05) is 6.07 Å². The molecule has 116 valence electrons. The smallest absolute Gasteiger partial charge is 0.262 e. The molecular formula is C18H20INO2. The Labute approximate surface area is 145 Å². The topological polar surface area (TPSA) is 38.3 Å². The molecule has 0 saturated heterocycles. The highest BCUT2D eigenvalue weighted by Gasteiger charge is 2.08. The maximum Gasteiger partial charge on any atom is 0.262 e. The van der Waals surface area contributed by atoms with E-state index in [4.69, 9.17) is 4.74 Å². The summed E-state index contributed by atoms with van der Waals surface area (Å²) in [6.45, 7) is 8.10. The standard InChI is InChI=1S/C18H20INO2/c1-11-5-6-15(7-12(11)2)22-10-18(21)20-17-9-13(3)16(19)8-14(17)4/h5-9H,10H2,1-4H3,(H,20,21). The van der Waals surface area contributed by atoms with Crippen LogP contribution in [0.25, 0.3) is 0 Å². The van der Waals surface area contributed by atoms with Crippen molar-refractivity contribution < 1.29 is 9.53 Å². The number of carbonyl (C=O) groups is 1. The molecule has 0 aliphatic heterocycles. The van der Waals surface area contributed by atoms with Gasteiger partial charge in [0.2, 0.25) is 0 Å². The highest BCUT2D eigenvalue weighted by Crippen LogP contribution is 2.22. The Kier molecular flexibility index (Phi) is 5.45. The van der Waals surface area contributed by atoms with Crippen molar-refractivity contribution in [3.8, 4) is 5.75 Å². The molecule has 0 radical (unpaired) electrons. The molecule has 2 aromatic carbocycles. The van der Waals surface area contributed by atoms with E-state index in [0.717, 1.165) is 22.4 Å². The van der Waals surface area contributed by atoms with Gasteiger partial charge in [-0.05, 0) is 96.8 Å². The van der Waals surface area contributed by atoms with Crippen LogP contribution < -0.4 is 10.1 Å². The van der Waals surface area contributed by atoms with Crippen LogP contribution in [0.3, 0.4) is 0 Å². The molecule has 0 heterocycles. The minimum Gasteiger partial charge on any atom is -0.484 e. The predicted octanol–water partition coefficient (Wildman–Crippen LogP) is 4.54. The Morgan fingerprint density at radius 3 is 2.41 bits per heavy atom. The van der Waals surface area contributed by atoms with E-state index < -0.39 is 0 Å². The summed E-state index contributed by atoms with van der Waals surface area (Å²) in [5, 5.41) is 2.91. The third-order valence-corrected chi connectivity index (χ3v) is 4.79. The number of carbonyl (C=O) groups excluding carboxylic acids is 1. The number of anilines is 1. The summed E-state index contributed by atoms with van der Waals surface area (Å²) in [6, 6.07) is 9.88. The van der Waals surface area contributed by atoms with E-state index in [1.165, 1.54) is 9.13 Å². The van der Waals surface area contributed by atoms with Crippen molar-refractivity contribution in [2.75, 3.05) is 11.9 Å². The third-order valence-electron chi connectivity index (χ3n) is 3.63. The SMILES string of the molecule is Cc1ccc(OCC(=O)Nc2cc(C)c(I)cc2C)cc1C. The summed E-state index contributed by atoms with van der Waals surface area (Å²) >= 11 is 2.29. The van der Waals surface area contributed by atoms with E-state index in [1.54, 1.807) is 0 Å². The van der Waals surface area contributed by atoms with Crippen molar-refractivity contribution >= 4 is 34.2 Å². The molecule has 0 unspecified atom stereocenters. The second kappa shape index (κ2) is 7.13. The zero-order valence-electron chi connectivity index (χ0n) is 13.3. The lowest BCUT2D eigenvalue weighted by molar-refractivity contribution is -0.118. The molecule has 0 spiro atoms. The van der Waals surface area contributed by atoms with Crippen molar-refractivity contribution in [1.29, 1.82) is 0 Å². The Morgan fingerprint density at radius 2 is 1.73 bits per heavy atom. The number of rotatable bonds is 4. The van der Waals surface area contributed by atoms with E-state index in [2.05, 4.69) is 34.0 Å². The number of benzene rings is 2. The van der Waals surface area contributed by atoms with Crippen molar-refractivity contribution in [3.63, 3.8) is 0 Å². The van der Waals surface area contributed by atoms with Crippen LogP contribution in [0.2, 0.25) is 0 Å². The van der Waals surface area contributed by atoms with Gasteiger partial charge in [0.1, 0.15) is 5.75 Å². The van der Waals surface area contributed by atoms with Gasteiger partial charge in [-0.15, -0.1) is 0 Å². The van der Waals surface area contributed by atoms with Gasteiger partial charge in [-0.2, -0.15) is 0 Å². The Balaban J connectivity index is 1.98. The van der Waals surface area contributed by atoms with E-state index in [-0.39, 0.29) is 12.5 Å². The van der Waals surface area contributed by atoms with Crippen molar-refractivity contribution in [3.05, 3.63) is 56.2 Å². The summed E-state index contributed by atoms with van der Waals surface area (Å²) in [5.41, 5.74) is 5.40. The normalized spacial score (nSPS) is 10.4. The number of nitrogens with one attached hydrogen (secondary N) is 1. The van der Waals surface area contributed by atoms with E-state index in [1.807, 2.05) is 52.0 Å². The summed E-state index contributed by atoms with van der Waals surface area (Å²) in [5.74, 6) is 0.565. The van der Waals surface area contributed by atoms with Gasteiger partial charge >= 0.3 is 0 Å². The first kappa shape index (κ1) is 16.8. The van der Waals surface area contributed by atoms with Crippen molar-refractivity contribution in [2.24, 2.45) is 0 Å². The molecule has 1 N–H and O–H groups in total. The Morgan fingerprint density at radius 1 is 1.00 bits per heavy atom.